The lowest BCUT2D eigenvalue weighted by Gasteiger charge is -2.34. The van der Waals surface area contributed by atoms with E-state index < -0.39 is 0 Å². The zero-order chi connectivity index (χ0) is 15.2. The Kier molecular flexibility index (Phi) is 5.44. The molecule has 5 heteroatoms. The molecule has 1 aromatic carbocycles. The molecule has 1 amide bonds. The summed E-state index contributed by atoms with van der Waals surface area (Å²) in [6.07, 6.45) is 5.32. The van der Waals surface area contributed by atoms with Crippen molar-refractivity contribution in [2.24, 2.45) is 0 Å². The summed E-state index contributed by atoms with van der Waals surface area (Å²) in [5.41, 5.74) is 6.98. The predicted molar refractivity (Wildman–Crippen MR) is 85.5 cm³/mol. The minimum atomic E-state index is 0.0140. The van der Waals surface area contributed by atoms with Crippen LogP contribution in [0.15, 0.2) is 18.2 Å². The molecule has 0 spiro atoms. The lowest BCUT2D eigenvalue weighted by Crippen LogP contribution is -2.37. The van der Waals surface area contributed by atoms with Gasteiger partial charge in [0.1, 0.15) is 5.75 Å². The van der Waals surface area contributed by atoms with E-state index in [9.17, 15) is 4.79 Å². The number of carbonyl (C=O) groups is 1. The molecular weight excluding hydrogens is 266 g/mol. The Hall–Kier alpha value is -1.75. The number of hydrogen-bond acceptors (Lipinski definition) is 4. The van der Waals surface area contributed by atoms with E-state index in [0.717, 1.165) is 19.0 Å². The van der Waals surface area contributed by atoms with Crippen LogP contribution in [0.1, 0.15) is 32.1 Å². The highest BCUT2D eigenvalue weighted by molar-refractivity contribution is 5.92. The van der Waals surface area contributed by atoms with Gasteiger partial charge in [-0.15, -0.1) is 0 Å². The maximum atomic E-state index is 12.0. The summed E-state index contributed by atoms with van der Waals surface area (Å²) >= 11 is 0. The summed E-state index contributed by atoms with van der Waals surface area (Å²) in [6, 6.07) is 5.96. The Morgan fingerprint density at radius 3 is 2.86 bits per heavy atom. The first-order chi connectivity index (χ1) is 10.1. The van der Waals surface area contributed by atoms with Gasteiger partial charge in [0, 0.05) is 24.2 Å². The fraction of sp³-hybridized carbons (Fsp3) is 0.562. The molecule has 1 aliphatic carbocycles. The largest absolute Gasteiger partial charge is 0.494 e. The number of hydrogen-bond donors (Lipinski definition) is 2. The fourth-order valence-electron chi connectivity index (χ4n) is 2.52. The molecule has 5 nitrogen and oxygen atoms in total. The second-order valence-corrected chi connectivity index (χ2v) is 5.68. The minimum absolute atomic E-state index is 0.0140. The molecule has 0 atom stereocenters. The molecular formula is C16H25N3O2. The Bertz CT molecular complexity index is 486. The number of amides is 1. The van der Waals surface area contributed by atoms with Gasteiger partial charge in [-0.25, -0.2) is 0 Å². The van der Waals surface area contributed by atoms with Gasteiger partial charge < -0.3 is 20.7 Å². The van der Waals surface area contributed by atoms with Gasteiger partial charge in [0.05, 0.1) is 12.8 Å². The Morgan fingerprint density at radius 2 is 2.24 bits per heavy atom. The van der Waals surface area contributed by atoms with Crippen molar-refractivity contribution in [3.63, 3.8) is 0 Å². The van der Waals surface area contributed by atoms with E-state index in [4.69, 9.17) is 10.5 Å². The zero-order valence-electron chi connectivity index (χ0n) is 12.9. The highest BCUT2D eigenvalue weighted by atomic mass is 16.5. The molecule has 0 heterocycles. The number of nitrogens with two attached hydrogens (primary N) is 1. The molecule has 1 aliphatic rings. The topological polar surface area (TPSA) is 67.6 Å². The first-order valence-electron chi connectivity index (χ1n) is 7.53. The highest BCUT2D eigenvalue weighted by Gasteiger charge is 2.21. The Labute approximate surface area is 126 Å². The highest BCUT2D eigenvalue weighted by Crippen LogP contribution is 2.27. The summed E-state index contributed by atoms with van der Waals surface area (Å²) in [4.78, 5) is 14.3. The first kappa shape index (κ1) is 15.6. The van der Waals surface area contributed by atoms with Crippen molar-refractivity contribution in [2.45, 2.75) is 38.1 Å². The van der Waals surface area contributed by atoms with E-state index in [1.807, 2.05) is 0 Å². The molecule has 1 aromatic rings. The molecule has 0 bridgehead atoms. The molecule has 0 aliphatic heterocycles. The van der Waals surface area contributed by atoms with E-state index in [-0.39, 0.29) is 5.91 Å². The van der Waals surface area contributed by atoms with Crippen molar-refractivity contribution < 1.29 is 9.53 Å². The number of nitrogens with one attached hydrogen (secondary N) is 1. The average molecular weight is 291 g/mol. The maximum Gasteiger partial charge on any atom is 0.224 e. The number of benzene rings is 1. The van der Waals surface area contributed by atoms with Gasteiger partial charge in [0.15, 0.2) is 0 Å². The van der Waals surface area contributed by atoms with Crippen LogP contribution >= 0.6 is 0 Å². The van der Waals surface area contributed by atoms with Crippen LogP contribution in [-0.2, 0) is 4.79 Å². The summed E-state index contributed by atoms with van der Waals surface area (Å²) in [5.74, 6) is 0.606. The van der Waals surface area contributed by atoms with Gasteiger partial charge in [-0.05, 0) is 45.0 Å². The van der Waals surface area contributed by atoms with Crippen molar-refractivity contribution in [2.75, 3.05) is 31.8 Å². The first-order valence-corrected chi connectivity index (χ1v) is 7.53. The summed E-state index contributed by atoms with van der Waals surface area (Å²) in [7, 11) is 3.71. The van der Waals surface area contributed by atoms with Crippen molar-refractivity contribution in [1.82, 2.24) is 4.90 Å². The molecule has 1 saturated carbocycles. The van der Waals surface area contributed by atoms with Crippen LogP contribution in [0.25, 0.3) is 0 Å². The summed E-state index contributed by atoms with van der Waals surface area (Å²) in [5, 5.41) is 2.88. The molecule has 116 valence electrons. The van der Waals surface area contributed by atoms with E-state index in [2.05, 4.69) is 17.3 Å². The molecule has 21 heavy (non-hydrogen) atoms. The van der Waals surface area contributed by atoms with Gasteiger partial charge in [0.25, 0.3) is 0 Å². The number of nitrogen functional groups attached to an aromatic ring is 1. The molecule has 3 N–H and O–H groups in total. The van der Waals surface area contributed by atoms with Crippen LogP contribution < -0.4 is 15.8 Å². The molecule has 0 aromatic heterocycles. The summed E-state index contributed by atoms with van der Waals surface area (Å²) in [6.45, 7) is 0.969. The number of anilines is 2. The number of methoxy groups -OCH3 is 1. The van der Waals surface area contributed by atoms with Crippen LogP contribution in [0.5, 0.6) is 5.75 Å². The lowest BCUT2D eigenvalue weighted by molar-refractivity contribution is -0.116. The number of rotatable bonds is 7. The maximum absolute atomic E-state index is 12.0. The van der Waals surface area contributed by atoms with Crippen molar-refractivity contribution in [1.29, 1.82) is 0 Å². The summed E-state index contributed by atoms with van der Waals surface area (Å²) < 4.78 is 5.22. The molecule has 0 saturated heterocycles. The van der Waals surface area contributed by atoms with Crippen LogP contribution in [0.3, 0.4) is 0 Å². The lowest BCUT2D eigenvalue weighted by atomic mass is 9.92. The Morgan fingerprint density at radius 1 is 1.48 bits per heavy atom. The van der Waals surface area contributed by atoms with Crippen LogP contribution in [-0.4, -0.2) is 37.6 Å². The second kappa shape index (κ2) is 7.31. The standard InChI is InChI=1S/C16H25N3O2/c1-19(13-5-3-6-13)10-4-7-16(20)18-14-9-8-12(17)11-15(14)21-2/h8-9,11,13H,3-7,10,17H2,1-2H3,(H,18,20). The SMILES string of the molecule is COc1cc(N)ccc1NC(=O)CCCN(C)C1CCC1. The molecule has 0 radical (unpaired) electrons. The van der Waals surface area contributed by atoms with Gasteiger partial charge in [-0.2, -0.15) is 0 Å². The van der Waals surface area contributed by atoms with Gasteiger partial charge in [-0.3, -0.25) is 4.79 Å². The van der Waals surface area contributed by atoms with Crippen LogP contribution in [0, 0.1) is 0 Å². The zero-order valence-corrected chi connectivity index (χ0v) is 12.9. The van der Waals surface area contributed by atoms with Gasteiger partial charge in [0.2, 0.25) is 5.91 Å². The van der Waals surface area contributed by atoms with Crippen molar-refractivity contribution >= 4 is 17.3 Å². The fourth-order valence-corrected chi connectivity index (χ4v) is 2.52. The second-order valence-electron chi connectivity index (χ2n) is 5.68. The van der Waals surface area contributed by atoms with Crippen molar-refractivity contribution in [3.05, 3.63) is 18.2 Å². The van der Waals surface area contributed by atoms with Crippen LogP contribution in [0.2, 0.25) is 0 Å². The molecule has 1 fully saturated rings. The third-order valence-corrected chi connectivity index (χ3v) is 4.11. The number of ether oxygens (including phenoxy) is 1. The predicted octanol–water partition coefficient (Wildman–Crippen LogP) is 2.48. The minimum Gasteiger partial charge on any atom is -0.494 e. The number of carbonyl (C=O) groups excluding carboxylic acids is 1. The Balaban J connectivity index is 1.76. The third-order valence-electron chi connectivity index (χ3n) is 4.11. The van der Waals surface area contributed by atoms with E-state index in [0.29, 0.717) is 23.5 Å². The normalized spacial score (nSPS) is 14.8. The third kappa shape index (κ3) is 4.36. The van der Waals surface area contributed by atoms with Gasteiger partial charge >= 0.3 is 0 Å². The van der Waals surface area contributed by atoms with Gasteiger partial charge in [-0.1, -0.05) is 6.42 Å². The average Bonchev–Trinajstić information content (AvgIpc) is 2.38. The van der Waals surface area contributed by atoms with Crippen LogP contribution in [0.4, 0.5) is 11.4 Å². The molecule has 2 rings (SSSR count). The smallest absolute Gasteiger partial charge is 0.224 e. The van der Waals surface area contributed by atoms with E-state index in [1.165, 1.54) is 19.3 Å². The van der Waals surface area contributed by atoms with E-state index >= 15 is 0 Å². The quantitative estimate of drug-likeness (QED) is 0.757. The number of nitrogens with zero attached hydrogens (tertiary/aromatic N) is 1. The molecule has 0 unspecified atom stereocenters. The van der Waals surface area contributed by atoms with Crippen molar-refractivity contribution in [3.8, 4) is 5.75 Å². The monoisotopic (exact) mass is 291 g/mol. The van der Waals surface area contributed by atoms with E-state index in [1.54, 1.807) is 25.3 Å².